The second-order valence-electron chi connectivity index (χ2n) is 5.82. The third-order valence-corrected chi connectivity index (χ3v) is 3.86. The fraction of sp³-hybridized carbons (Fsp3) is 0.692. The van der Waals surface area contributed by atoms with Crippen LogP contribution in [0.2, 0.25) is 0 Å². The van der Waals surface area contributed by atoms with Gasteiger partial charge in [0.2, 0.25) is 0 Å². The number of ether oxygens (including phenoxy) is 1. The normalized spacial score (nSPS) is 16.3. The minimum absolute atomic E-state index is 0.223. The molecule has 6 heteroatoms. The van der Waals surface area contributed by atoms with E-state index >= 15 is 0 Å². The molecule has 2 heterocycles. The summed E-state index contributed by atoms with van der Waals surface area (Å²) in [6.07, 6.45) is -0.223. The van der Waals surface area contributed by atoms with Gasteiger partial charge >= 0.3 is 6.09 Å². The van der Waals surface area contributed by atoms with Gasteiger partial charge in [0, 0.05) is 30.6 Å². The van der Waals surface area contributed by atoms with E-state index in [-0.39, 0.29) is 6.09 Å². The molecule has 1 N–H and O–H groups in total. The molecule has 0 aromatic carbocycles. The third-order valence-electron chi connectivity index (χ3n) is 2.93. The molecular formula is C13H21N3O2S. The predicted octanol–water partition coefficient (Wildman–Crippen LogP) is 2.16. The summed E-state index contributed by atoms with van der Waals surface area (Å²) in [7, 11) is 0. The molecule has 1 aliphatic heterocycles. The van der Waals surface area contributed by atoms with Gasteiger partial charge in [-0.15, -0.1) is 11.3 Å². The fourth-order valence-electron chi connectivity index (χ4n) is 1.82. The Morgan fingerprint density at radius 3 is 2.79 bits per heavy atom. The molecule has 1 amide bonds. The highest BCUT2D eigenvalue weighted by Gasteiger charge is 2.33. The van der Waals surface area contributed by atoms with E-state index in [2.05, 4.69) is 10.3 Å². The molecule has 106 valence electrons. The summed E-state index contributed by atoms with van der Waals surface area (Å²) < 4.78 is 5.31. The minimum Gasteiger partial charge on any atom is -0.444 e. The molecule has 5 nitrogen and oxygen atoms in total. The Hall–Kier alpha value is -1.14. The topological polar surface area (TPSA) is 54.5 Å². The van der Waals surface area contributed by atoms with Crippen LogP contribution in [-0.2, 0) is 11.3 Å². The number of hydrogen-bond donors (Lipinski definition) is 1. The highest BCUT2D eigenvalue weighted by molar-refractivity contribution is 7.09. The molecule has 1 aliphatic rings. The number of aryl methyl sites for hydroxylation is 1. The van der Waals surface area contributed by atoms with Gasteiger partial charge in [0.25, 0.3) is 0 Å². The van der Waals surface area contributed by atoms with Gasteiger partial charge in [-0.25, -0.2) is 9.78 Å². The Bertz CT molecular complexity index is 447. The quantitative estimate of drug-likeness (QED) is 0.923. The van der Waals surface area contributed by atoms with Crippen molar-refractivity contribution >= 4 is 17.4 Å². The molecule has 0 unspecified atom stereocenters. The maximum absolute atomic E-state index is 11.7. The number of hydrogen-bond acceptors (Lipinski definition) is 5. The van der Waals surface area contributed by atoms with Crippen molar-refractivity contribution in [3.05, 3.63) is 16.1 Å². The average Bonchev–Trinajstić information content (AvgIpc) is 2.59. The SMILES string of the molecule is Cc1ncsc1CNC1CN(C(=O)OC(C)(C)C)C1. The van der Waals surface area contributed by atoms with Crippen molar-refractivity contribution in [2.24, 2.45) is 0 Å². The zero-order chi connectivity index (χ0) is 14.0. The Labute approximate surface area is 118 Å². The summed E-state index contributed by atoms with van der Waals surface area (Å²) in [6, 6.07) is 0.356. The Balaban J connectivity index is 1.69. The first-order chi connectivity index (χ1) is 8.85. The van der Waals surface area contributed by atoms with Crippen LogP contribution in [0.3, 0.4) is 0 Å². The van der Waals surface area contributed by atoms with E-state index in [4.69, 9.17) is 4.74 Å². The van der Waals surface area contributed by atoms with Crippen LogP contribution in [0.5, 0.6) is 0 Å². The Morgan fingerprint density at radius 1 is 1.58 bits per heavy atom. The number of amides is 1. The van der Waals surface area contributed by atoms with E-state index in [1.807, 2.05) is 33.2 Å². The predicted molar refractivity (Wildman–Crippen MR) is 75.3 cm³/mol. The zero-order valence-corrected chi connectivity index (χ0v) is 12.7. The van der Waals surface area contributed by atoms with Crippen LogP contribution >= 0.6 is 11.3 Å². The van der Waals surface area contributed by atoms with Crippen LogP contribution in [0.15, 0.2) is 5.51 Å². The van der Waals surface area contributed by atoms with Gasteiger partial charge in [-0.05, 0) is 27.7 Å². The molecule has 0 radical (unpaired) electrons. The monoisotopic (exact) mass is 283 g/mol. The number of rotatable bonds is 3. The van der Waals surface area contributed by atoms with Gasteiger partial charge in [-0.3, -0.25) is 0 Å². The Morgan fingerprint density at radius 2 is 2.26 bits per heavy atom. The van der Waals surface area contributed by atoms with Crippen molar-refractivity contribution < 1.29 is 9.53 Å². The molecule has 0 spiro atoms. The maximum Gasteiger partial charge on any atom is 0.410 e. The summed E-state index contributed by atoms with van der Waals surface area (Å²) in [5, 5.41) is 3.43. The summed E-state index contributed by atoms with van der Waals surface area (Å²) in [6.45, 7) is 9.91. The number of thiazole rings is 1. The molecule has 1 saturated heterocycles. The average molecular weight is 283 g/mol. The lowest BCUT2D eigenvalue weighted by molar-refractivity contribution is 0.00520. The standard InChI is InChI=1S/C13H21N3O2S/c1-9-11(19-8-15-9)5-14-10-6-16(7-10)12(17)18-13(2,3)4/h8,10,14H,5-7H2,1-4H3. The molecule has 0 atom stereocenters. The lowest BCUT2D eigenvalue weighted by atomic mass is 10.1. The number of likely N-dealkylation sites (tertiary alicyclic amines) is 1. The van der Waals surface area contributed by atoms with Crippen molar-refractivity contribution in [2.45, 2.75) is 45.9 Å². The summed E-state index contributed by atoms with van der Waals surface area (Å²) in [5.74, 6) is 0. The van der Waals surface area contributed by atoms with Gasteiger partial charge < -0.3 is 15.0 Å². The van der Waals surface area contributed by atoms with E-state index in [0.717, 1.165) is 12.2 Å². The van der Waals surface area contributed by atoms with Crippen molar-refractivity contribution in [3.8, 4) is 0 Å². The van der Waals surface area contributed by atoms with Gasteiger partial charge in [0.15, 0.2) is 0 Å². The summed E-state index contributed by atoms with van der Waals surface area (Å²) in [4.78, 5) is 18.9. The van der Waals surface area contributed by atoms with Gasteiger partial charge in [0.05, 0.1) is 11.2 Å². The number of carbonyl (C=O) groups excluding carboxylic acids is 1. The van der Waals surface area contributed by atoms with Crippen LogP contribution in [0.4, 0.5) is 4.79 Å². The van der Waals surface area contributed by atoms with E-state index in [1.54, 1.807) is 16.2 Å². The highest BCUT2D eigenvalue weighted by Crippen LogP contribution is 2.17. The lowest BCUT2D eigenvalue weighted by Gasteiger charge is -2.40. The number of nitrogens with zero attached hydrogens (tertiary/aromatic N) is 2. The first-order valence-electron chi connectivity index (χ1n) is 6.45. The first-order valence-corrected chi connectivity index (χ1v) is 7.33. The molecular weight excluding hydrogens is 262 g/mol. The van der Waals surface area contributed by atoms with Crippen molar-refractivity contribution in [2.75, 3.05) is 13.1 Å². The largest absolute Gasteiger partial charge is 0.444 e. The first kappa shape index (κ1) is 14.3. The van der Waals surface area contributed by atoms with Crippen LogP contribution in [-0.4, -0.2) is 40.7 Å². The smallest absolute Gasteiger partial charge is 0.410 e. The third kappa shape index (κ3) is 3.91. The maximum atomic E-state index is 11.7. The summed E-state index contributed by atoms with van der Waals surface area (Å²) >= 11 is 1.66. The second kappa shape index (κ2) is 5.46. The van der Waals surface area contributed by atoms with Gasteiger partial charge in [0.1, 0.15) is 5.60 Å². The molecule has 2 rings (SSSR count). The molecule has 0 aliphatic carbocycles. The fourth-order valence-corrected chi connectivity index (χ4v) is 2.54. The van der Waals surface area contributed by atoms with Crippen LogP contribution in [0.25, 0.3) is 0 Å². The summed E-state index contributed by atoms with van der Waals surface area (Å²) in [5.41, 5.74) is 2.52. The number of nitrogens with one attached hydrogen (secondary N) is 1. The molecule has 1 aromatic rings. The van der Waals surface area contributed by atoms with Crippen molar-refractivity contribution in [3.63, 3.8) is 0 Å². The van der Waals surface area contributed by atoms with E-state index in [9.17, 15) is 4.79 Å². The number of carbonyl (C=O) groups is 1. The van der Waals surface area contributed by atoms with Crippen LogP contribution in [0, 0.1) is 6.92 Å². The van der Waals surface area contributed by atoms with Crippen molar-refractivity contribution in [1.82, 2.24) is 15.2 Å². The van der Waals surface area contributed by atoms with Gasteiger partial charge in [-0.2, -0.15) is 0 Å². The van der Waals surface area contributed by atoms with E-state index in [1.165, 1.54) is 4.88 Å². The van der Waals surface area contributed by atoms with Gasteiger partial charge in [-0.1, -0.05) is 0 Å². The van der Waals surface area contributed by atoms with Crippen LogP contribution < -0.4 is 5.32 Å². The molecule has 19 heavy (non-hydrogen) atoms. The Kier molecular flexibility index (Phi) is 4.10. The minimum atomic E-state index is -0.421. The van der Waals surface area contributed by atoms with Crippen LogP contribution in [0.1, 0.15) is 31.3 Å². The van der Waals surface area contributed by atoms with E-state index in [0.29, 0.717) is 19.1 Å². The number of aromatic nitrogens is 1. The second-order valence-corrected chi connectivity index (χ2v) is 6.76. The molecule has 1 aromatic heterocycles. The zero-order valence-electron chi connectivity index (χ0n) is 11.9. The molecule has 1 fully saturated rings. The lowest BCUT2D eigenvalue weighted by Crippen LogP contribution is -2.60. The van der Waals surface area contributed by atoms with Crippen molar-refractivity contribution in [1.29, 1.82) is 0 Å². The molecule has 0 bridgehead atoms. The van der Waals surface area contributed by atoms with E-state index < -0.39 is 5.60 Å². The molecule has 0 saturated carbocycles. The highest BCUT2D eigenvalue weighted by atomic mass is 32.1.